The van der Waals surface area contributed by atoms with Gasteiger partial charge in [0.25, 0.3) is 0 Å². The lowest BCUT2D eigenvalue weighted by molar-refractivity contribution is -0.388. The van der Waals surface area contributed by atoms with Crippen molar-refractivity contribution in [1.29, 1.82) is 15.8 Å². The van der Waals surface area contributed by atoms with Gasteiger partial charge in [0.2, 0.25) is 17.7 Å². The van der Waals surface area contributed by atoms with E-state index in [-0.39, 0.29) is 58.4 Å². The van der Waals surface area contributed by atoms with Crippen molar-refractivity contribution in [2.75, 3.05) is 68.2 Å². The predicted molar refractivity (Wildman–Crippen MR) is 325 cm³/mol. The van der Waals surface area contributed by atoms with E-state index >= 15 is 0 Å². The topological polar surface area (TPSA) is 351 Å². The molecule has 6 aromatic carbocycles. The van der Waals surface area contributed by atoms with Crippen LogP contribution in [0.3, 0.4) is 0 Å². The monoisotopic (exact) mass is 1240 g/mol. The largest absolute Gasteiger partial charge is 0.497 e. The van der Waals surface area contributed by atoms with Crippen molar-refractivity contribution in [1.82, 2.24) is 19.9 Å². The molecule has 10 rings (SSSR count). The molecule has 2 unspecified atom stereocenters. The van der Waals surface area contributed by atoms with Gasteiger partial charge in [-0.3, -0.25) is 20.2 Å². The van der Waals surface area contributed by atoms with Crippen molar-refractivity contribution >= 4 is 76.0 Å². The van der Waals surface area contributed by atoms with Gasteiger partial charge in [0, 0.05) is 78.1 Å². The fourth-order valence-electron chi connectivity index (χ4n) is 8.77. The number of rotatable bonds is 19. The van der Waals surface area contributed by atoms with Crippen molar-refractivity contribution < 1.29 is 47.0 Å². The molecule has 88 heavy (non-hydrogen) atoms. The standard InChI is InChI=1S/C29H26FN7O5.C21H17N7O4S.C9H10FNO.ClH/c1-40-20-6-4-18(27(13-20)41-2)15-32-23-7-3-17(14-31)11-24(23)35-29-33-16-25(37(38)39)28(36-29)34-22-9-10-42-26-8-5-19(30)12-21(22)26;1-31-15-5-4-14(19(8-15)32-2)10-24-16-6-3-13(9-22)7-17(16)26-21-25-11-18(28(29)30)20(27-21)33-12-23;10-6-1-2-9-7(5-6)8(11)3-4-12-9;/h3-8,11-13,16,22,32H,9-10,15H2,1-2H3,(H2,33,34,35,36);3-8,11,24H,10H2,1-2H3,(H,25,26,27);1-2,5,8H,3-4,11H2;1H. The fourth-order valence-corrected chi connectivity index (χ4v) is 9.22. The summed E-state index contributed by atoms with van der Waals surface area (Å²) in [4.78, 5) is 38.2. The Bertz CT molecular complexity index is 3970. The van der Waals surface area contributed by atoms with Gasteiger partial charge in [-0.1, -0.05) is 0 Å². The molecule has 0 aliphatic carbocycles. The second kappa shape index (κ2) is 30.7. The van der Waals surface area contributed by atoms with Gasteiger partial charge in [-0.15, -0.1) is 12.4 Å². The highest BCUT2D eigenvalue weighted by Crippen LogP contribution is 2.38. The van der Waals surface area contributed by atoms with Crippen LogP contribution in [0.5, 0.6) is 34.5 Å². The van der Waals surface area contributed by atoms with Crippen LogP contribution in [0, 0.1) is 65.2 Å². The van der Waals surface area contributed by atoms with Gasteiger partial charge >= 0.3 is 11.4 Å². The van der Waals surface area contributed by atoms with Crippen LogP contribution in [-0.2, 0) is 13.1 Å². The van der Waals surface area contributed by atoms with E-state index < -0.39 is 21.7 Å². The van der Waals surface area contributed by atoms with Gasteiger partial charge in [0.15, 0.2) is 5.03 Å². The summed E-state index contributed by atoms with van der Waals surface area (Å²) in [7, 11) is 6.28. The molecule has 0 saturated heterocycles. The number of hydrogen-bond acceptors (Lipinski definition) is 24. The van der Waals surface area contributed by atoms with Gasteiger partial charge in [0.1, 0.15) is 63.9 Å². The Kier molecular flexibility index (Phi) is 22.5. The van der Waals surface area contributed by atoms with Crippen LogP contribution in [0.1, 0.15) is 58.3 Å². The van der Waals surface area contributed by atoms with E-state index in [4.69, 9.17) is 39.4 Å². The highest BCUT2D eigenvalue weighted by molar-refractivity contribution is 8.03. The highest BCUT2D eigenvalue weighted by atomic mass is 35.5. The third kappa shape index (κ3) is 16.5. The fraction of sp³-hybridized carbons (Fsp3) is 0.203. The molecule has 2 aliphatic rings. The van der Waals surface area contributed by atoms with Gasteiger partial charge < -0.3 is 60.7 Å². The molecule has 452 valence electrons. The lowest BCUT2D eigenvalue weighted by atomic mass is 10.0. The van der Waals surface area contributed by atoms with E-state index in [0.717, 1.165) is 41.3 Å². The summed E-state index contributed by atoms with van der Waals surface area (Å²) < 4.78 is 59.1. The predicted octanol–water partition coefficient (Wildman–Crippen LogP) is 11.9. The van der Waals surface area contributed by atoms with E-state index in [9.17, 15) is 39.5 Å². The maximum absolute atomic E-state index is 14.0. The number of nitrogens with zero attached hydrogens (tertiary/aromatic N) is 9. The summed E-state index contributed by atoms with van der Waals surface area (Å²) in [5, 5.41) is 68.0. The number of benzene rings is 6. The number of thioether (sulfide) groups is 1. The Labute approximate surface area is 512 Å². The van der Waals surface area contributed by atoms with Crippen molar-refractivity contribution in [3.05, 3.63) is 187 Å². The van der Waals surface area contributed by atoms with Crippen molar-refractivity contribution in [2.45, 2.75) is 43.0 Å². The Morgan fingerprint density at radius 3 is 1.64 bits per heavy atom. The number of nitro groups is 2. The first-order valence-electron chi connectivity index (χ1n) is 26.1. The average molecular weight is 1240 g/mol. The Morgan fingerprint density at radius 2 is 1.14 bits per heavy atom. The van der Waals surface area contributed by atoms with Crippen LogP contribution in [0.15, 0.2) is 127 Å². The third-order valence-corrected chi connectivity index (χ3v) is 13.7. The van der Waals surface area contributed by atoms with E-state index in [1.807, 2.05) is 24.3 Å². The normalized spacial score (nSPS) is 13.1. The quantitative estimate of drug-likeness (QED) is 0.0144. The summed E-state index contributed by atoms with van der Waals surface area (Å²) in [5.74, 6) is 3.15. The van der Waals surface area contributed by atoms with Gasteiger partial charge in [-0.25, -0.2) is 18.7 Å². The molecular formula is C59H54ClF2N15O10S. The molecule has 0 spiro atoms. The van der Waals surface area contributed by atoms with Gasteiger partial charge in [0.05, 0.1) is 104 Å². The summed E-state index contributed by atoms with van der Waals surface area (Å²) in [5.41, 5.74) is 11.1. The summed E-state index contributed by atoms with van der Waals surface area (Å²) >= 11 is 0.562. The smallest absolute Gasteiger partial charge is 0.329 e. The number of nitriles is 3. The number of nitrogens with two attached hydrogens (primary N) is 1. The number of halogens is 3. The number of nitrogens with one attached hydrogen (secondary N) is 5. The number of thiocyanates is 1. The zero-order chi connectivity index (χ0) is 62.0. The first-order chi connectivity index (χ1) is 42.1. The number of hydrogen-bond donors (Lipinski definition) is 6. The van der Waals surface area contributed by atoms with E-state index in [1.54, 1.807) is 88.4 Å². The molecule has 0 radical (unpaired) electrons. The lowest BCUT2D eigenvalue weighted by Crippen LogP contribution is -2.22. The molecule has 25 nitrogen and oxygen atoms in total. The van der Waals surface area contributed by atoms with E-state index in [2.05, 4.69) is 58.7 Å². The second-order valence-corrected chi connectivity index (χ2v) is 19.3. The number of methoxy groups -OCH3 is 4. The van der Waals surface area contributed by atoms with Crippen LogP contribution < -0.4 is 60.7 Å². The highest BCUT2D eigenvalue weighted by Gasteiger charge is 2.27. The molecule has 2 aliphatic heterocycles. The van der Waals surface area contributed by atoms with Gasteiger partial charge in [-0.2, -0.15) is 25.8 Å². The molecule has 0 saturated carbocycles. The number of anilines is 7. The third-order valence-electron chi connectivity index (χ3n) is 13.1. The first kappa shape index (κ1) is 64.6. The molecule has 2 aromatic heterocycles. The molecule has 8 aromatic rings. The summed E-state index contributed by atoms with van der Waals surface area (Å²) in [6, 6.07) is 33.1. The van der Waals surface area contributed by atoms with Crippen molar-refractivity contribution in [3.8, 4) is 52.0 Å². The molecule has 7 N–H and O–H groups in total. The minimum Gasteiger partial charge on any atom is -0.497 e. The molecule has 0 amide bonds. The summed E-state index contributed by atoms with van der Waals surface area (Å²) in [6.07, 6.45) is 3.31. The van der Waals surface area contributed by atoms with Crippen LogP contribution in [0.2, 0.25) is 0 Å². The molecule has 2 atom stereocenters. The summed E-state index contributed by atoms with van der Waals surface area (Å²) in [6.45, 7) is 1.74. The maximum atomic E-state index is 14.0. The van der Waals surface area contributed by atoms with Crippen molar-refractivity contribution in [3.63, 3.8) is 0 Å². The zero-order valence-corrected chi connectivity index (χ0v) is 48.8. The first-order valence-corrected chi connectivity index (χ1v) is 26.9. The molecular weight excluding hydrogens is 1180 g/mol. The van der Waals surface area contributed by atoms with Crippen LogP contribution in [0.25, 0.3) is 0 Å². The van der Waals surface area contributed by atoms with Gasteiger partial charge in [-0.05, 0) is 97.1 Å². The van der Waals surface area contributed by atoms with Crippen molar-refractivity contribution in [2.24, 2.45) is 5.73 Å². The van der Waals surface area contributed by atoms with Crippen LogP contribution >= 0.6 is 24.2 Å². The average Bonchev–Trinajstić information content (AvgIpc) is 1.84. The Morgan fingerprint density at radius 1 is 0.636 bits per heavy atom. The Balaban J connectivity index is 0.000000212. The molecule has 29 heteroatoms. The molecule has 0 bridgehead atoms. The molecule has 0 fully saturated rings. The SMILES string of the molecule is COc1ccc(CNc2ccc(C#N)cc2Nc2ncc([N+](=O)[O-])c(NC3CCOc4ccc(F)cc43)n2)c(OC)c1.COc1ccc(CNc2ccc(C#N)cc2Nc2ncc([N+](=O)[O-])c(SC#N)n2)c(OC)c1.Cl.NC1CCOc2ccc(F)cc21. The number of fused-ring (bicyclic) bond motifs is 2. The van der Waals surface area contributed by atoms with E-state index in [1.165, 1.54) is 30.3 Å². The maximum Gasteiger partial charge on any atom is 0.329 e. The van der Waals surface area contributed by atoms with Crippen LogP contribution in [-0.4, -0.2) is 71.4 Å². The number of aromatic nitrogens is 4. The number of ether oxygens (including phenoxy) is 6. The minimum atomic E-state index is -0.658. The van der Waals surface area contributed by atoms with E-state index in [0.29, 0.717) is 113 Å². The zero-order valence-electron chi connectivity index (χ0n) is 47.2. The minimum absolute atomic E-state index is 0. The molecule has 4 heterocycles. The lowest BCUT2D eigenvalue weighted by Gasteiger charge is -2.27. The Hall–Kier alpha value is -11.0. The van der Waals surface area contributed by atoms with Crippen LogP contribution in [0.4, 0.5) is 60.6 Å². The second-order valence-electron chi connectivity index (χ2n) is 18.5.